The number of ether oxygens (including phenoxy) is 1. The van der Waals surface area contributed by atoms with E-state index in [0.717, 1.165) is 44.6 Å². The Morgan fingerprint density at radius 3 is 2.86 bits per heavy atom. The molecule has 1 aliphatic rings. The van der Waals surface area contributed by atoms with Crippen molar-refractivity contribution in [2.45, 2.75) is 25.8 Å². The van der Waals surface area contributed by atoms with E-state index in [4.69, 9.17) is 4.74 Å². The number of aryl methyl sites for hydroxylation is 1. The van der Waals surface area contributed by atoms with Gasteiger partial charge >= 0.3 is 0 Å². The second-order valence-corrected chi connectivity index (χ2v) is 5.81. The quantitative estimate of drug-likeness (QED) is 0.304. The van der Waals surface area contributed by atoms with E-state index in [1.807, 2.05) is 7.05 Å². The number of hydrogen-bond acceptors (Lipinski definition) is 2. The van der Waals surface area contributed by atoms with Crippen LogP contribution in [0.25, 0.3) is 0 Å². The van der Waals surface area contributed by atoms with Crippen molar-refractivity contribution in [1.82, 2.24) is 14.8 Å². The molecule has 0 saturated heterocycles. The molecule has 2 rings (SSSR count). The molecule has 1 heterocycles. The Hall–Kier alpha value is -0.760. The van der Waals surface area contributed by atoms with E-state index in [1.165, 1.54) is 18.5 Å². The minimum Gasteiger partial charge on any atom is -0.381 e. The highest BCUT2D eigenvalue weighted by molar-refractivity contribution is 14.0. The van der Waals surface area contributed by atoms with Gasteiger partial charge in [0.1, 0.15) is 0 Å². The number of guanidine groups is 1. The molecule has 1 aromatic heterocycles. The maximum Gasteiger partial charge on any atom is 0.193 e. The number of nitrogens with zero attached hydrogens (tertiary/aromatic N) is 3. The minimum atomic E-state index is 0. The van der Waals surface area contributed by atoms with Crippen molar-refractivity contribution >= 4 is 29.9 Å². The molecule has 0 unspecified atom stereocenters. The van der Waals surface area contributed by atoms with Gasteiger partial charge in [-0.2, -0.15) is 0 Å². The van der Waals surface area contributed by atoms with Gasteiger partial charge in [0.2, 0.25) is 0 Å². The van der Waals surface area contributed by atoms with Gasteiger partial charge in [0.05, 0.1) is 6.54 Å². The minimum absolute atomic E-state index is 0. The van der Waals surface area contributed by atoms with E-state index in [2.05, 4.69) is 52.2 Å². The molecule has 1 aliphatic carbocycles. The standard InChI is InChI=1S/C16H28N4O.HI/c1-17-16(18-9-5-11-21-13-14-7-8-14)20(3)12-15-6-4-10-19(15)2;/h4,6,10,14H,5,7-9,11-13H2,1-3H3,(H,17,18);1H. The summed E-state index contributed by atoms with van der Waals surface area (Å²) in [6, 6.07) is 4.20. The van der Waals surface area contributed by atoms with Crippen LogP contribution in [0.4, 0.5) is 0 Å². The highest BCUT2D eigenvalue weighted by Gasteiger charge is 2.20. The third kappa shape index (κ3) is 6.56. The molecule has 5 nitrogen and oxygen atoms in total. The second-order valence-electron chi connectivity index (χ2n) is 5.81. The molecule has 0 atom stereocenters. The van der Waals surface area contributed by atoms with E-state index >= 15 is 0 Å². The average molecular weight is 420 g/mol. The first-order valence-electron chi connectivity index (χ1n) is 7.80. The summed E-state index contributed by atoms with van der Waals surface area (Å²) >= 11 is 0. The Balaban J connectivity index is 0.00000242. The van der Waals surface area contributed by atoms with Gasteiger partial charge in [0, 0.05) is 52.8 Å². The molecule has 0 aromatic carbocycles. The van der Waals surface area contributed by atoms with Crippen molar-refractivity contribution in [1.29, 1.82) is 0 Å². The summed E-state index contributed by atoms with van der Waals surface area (Å²) in [5.41, 5.74) is 1.27. The zero-order chi connectivity index (χ0) is 15.1. The third-order valence-corrected chi connectivity index (χ3v) is 3.82. The maximum atomic E-state index is 5.64. The van der Waals surface area contributed by atoms with Crippen LogP contribution in [0, 0.1) is 5.92 Å². The lowest BCUT2D eigenvalue weighted by Gasteiger charge is -2.22. The number of aliphatic imine (C=N–C) groups is 1. The van der Waals surface area contributed by atoms with Crippen LogP contribution >= 0.6 is 24.0 Å². The highest BCUT2D eigenvalue weighted by Crippen LogP contribution is 2.28. The lowest BCUT2D eigenvalue weighted by molar-refractivity contribution is 0.122. The second kappa shape index (κ2) is 10.1. The van der Waals surface area contributed by atoms with Gasteiger partial charge in [0.15, 0.2) is 5.96 Å². The smallest absolute Gasteiger partial charge is 0.193 e. The summed E-state index contributed by atoms with van der Waals surface area (Å²) in [6.07, 6.45) is 5.80. The fourth-order valence-electron chi connectivity index (χ4n) is 2.27. The SMILES string of the molecule is CN=C(NCCCOCC1CC1)N(C)Cc1cccn1C.I. The Labute approximate surface area is 151 Å². The summed E-state index contributed by atoms with van der Waals surface area (Å²) in [6.45, 7) is 3.53. The van der Waals surface area contributed by atoms with Gasteiger partial charge in [-0.3, -0.25) is 4.99 Å². The topological polar surface area (TPSA) is 41.8 Å². The molecular weight excluding hydrogens is 391 g/mol. The molecule has 0 radical (unpaired) electrons. The van der Waals surface area contributed by atoms with Crippen LogP contribution in [0.3, 0.4) is 0 Å². The number of rotatable bonds is 8. The molecule has 1 saturated carbocycles. The Bertz CT molecular complexity index is 457. The summed E-state index contributed by atoms with van der Waals surface area (Å²) in [5, 5.41) is 3.39. The van der Waals surface area contributed by atoms with Crippen LogP contribution in [0.1, 0.15) is 25.0 Å². The van der Waals surface area contributed by atoms with E-state index in [1.54, 1.807) is 0 Å². The van der Waals surface area contributed by atoms with Crippen LogP contribution in [-0.2, 0) is 18.3 Å². The number of nitrogens with one attached hydrogen (secondary N) is 1. The summed E-state index contributed by atoms with van der Waals surface area (Å²) in [7, 11) is 5.95. The third-order valence-electron chi connectivity index (χ3n) is 3.82. The van der Waals surface area contributed by atoms with Crippen LogP contribution in [0.5, 0.6) is 0 Å². The maximum absolute atomic E-state index is 5.64. The fraction of sp³-hybridized carbons (Fsp3) is 0.688. The van der Waals surface area contributed by atoms with E-state index in [9.17, 15) is 0 Å². The number of hydrogen-bond donors (Lipinski definition) is 1. The predicted octanol–water partition coefficient (Wildman–Crippen LogP) is 2.47. The average Bonchev–Trinajstić information content (AvgIpc) is 3.21. The van der Waals surface area contributed by atoms with Crippen molar-refractivity contribution in [3.05, 3.63) is 24.0 Å². The largest absolute Gasteiger partial charge is 0.381 e. The zero-order valence-corrected chi connectivity index (χ0v) is 16.2. The van der Waals surface area contributed by atoms with Gasteiger partial charge in [0.25, 0.3) is 0 Å². The Kier molecular flexibility index (Phi) is 8.85. The number of halogens is 1. The van der Waals surface area contributed by atoms with Crippen molar-refractivity contribution in [2.75, 3.05) is 33.9 Å². The van der Waals surface area contributed by atoms with Crippen molar-refractivity contribution in [2.24, 2.45) is 18.0 Å². The highest BCUT2D eigenvalue weighted by atomic mass is 127. The fourth-order valence-corrected chi connectivity index (χ4v) is 2.27. The Morgan fingerprint density at radius 1 is 1.50 bits per heavy atom. The van der Waals surface area contributed by atoms with Crippen molar-refractivity contribution < 1.29 is 4.74 Å². The molecule has 1 aromatic rings. The molecule has 0 spiro atoms. The van der Waals surface area contributed by atoms with Crippen LogP contribution in [0.2, 0.25) is 0 Å². The van der Waals surface area contributed by atoms with Gasteiger partial charge < -0.3 is 19.5 Å². The van der Waals surface area contributed by atoms with E-state index < -0.39 is 0 Å². The Morgan fingerprint density at radius 2 is 2.27 bits per heavy atom. The molecule has 0 aliphatic heterocycles. The lowest BCUT2D eigenvalue weighted by atomic mass is 10.4. The predicted molar refractivity (Wildman–Crippen MR) is 102 cm³/mol. The summed E-state index contributed by atoms with van der Waals surface area (Å²) in [4.78, 5) is 6.47. The lowest BCUT2D eigenvalue weighted by Crippen LogP contribution is -2.39. The van der Waals surface area contributed by atoms with Crippen LogP contribution < -0.4 is 5.32 Å². The van der Waals surface area contributed by atoms with Gasteiger partial charge in [-0.25, -0.2) is 0 Å². The first kappa shape index (κ1) is 19.3. The van der Waals surface area contributed by atoms with Crippen LogP contribution in [0.15, 0.2) is 23.3 Å². The first-order valence-corrected chi connectivity index (χ1v) is 7.80. The monoisotopic (exact) mass is 420 g/mol. The van der Waals surface area contributed by atoms with Crippen molar-refractivity contribution in [3.8, 4) is 0 Å². The van der Waals surface area contributed by atoms with Gasteiger partial charge in [-0.05, 0) is 37.3 Å². The molecule has 1 N–H and O–H groups in total. The molecule has 0 amide bonds. The molecular formula is C16H29IN4O. The van der Waals surface area contributed by atoms with Gasteiger partial charge in [-0.1, -0.05) is 0 Å². The van der Waals surface area contributed by atoms with E-state index in [-0.39, 0.29) is 24.0 Å². The van der Waals surface area contributed by atoms with E-state index in [0.29, 0.717) is 0 Å². The zero-order valence-electron chi connectivity index (χ0n) is 13.9. The van der Waals surface area contributed by atoms with Gasteiger partial charge in [-0.15, -0.1) is 24.0 Å². The summed E-state index contributed by atoms with van der Waals surface area (Å²) in [5.74, 6) is 1.78. The molecule has 0 bridgehead atoms. The normalized spacial score (nSPS) is 14.6. The van der Waals surface area contributed by atoms with Crippen molar-refractivity contribution in [3.63, 3.8) is 0 Å². The molecule has 126 valence electrons. The number of aromatic nitrogens is 1. The molecule has 22 heavy (non-hydrogen) atoms. The first-order chi connectivity index (χ1) is 10.2. The molecule has 1 fully saturated rings. The summed E-state index contributed by atoms with van der Waals surface area (Å²) < 4.78 is 7.77. The molecule has 6 heteroatoms. The van der Waals surface area contributed by atoms with Crippen LogP contribution in [-0.4, -0.2) is 49.3 Å².